The van der Waals surface area contributed by atoms with E-state index in [2.05, 4.69) is 15.8 Å². The number of halogens is 2. The molecule has 5 nitrogen and oxygen atoms in total. The van der Waals surface area contributed by atoms with E-state index in [-0.39, 0.29) is 5.75 Å². The van der Waals surface area contributed by atoms with Crippen molar-refractivity contribution in [3.05, 3.63) is 56.6 Å². The fourth-order valence-electron chi connectivity index (χ4n) is 1.46. The second kappa shape index (κ2) is 7.28. The first-order valence-corrected chi connectivity index (χ1v) is 7.34. The minimum atomic E-state index is -0.456. The summed E-state index contributed by atoms with van der Waals surface area (Å²) in [5.41, 5.74) is 3.73. The van der Waals surface area contributed by atoms with E-state index in [0.717, 1.165) is 5.56 Å². The molecule has 0 saturated heterocycles. The van der Waals surface area contributed by atoms with Gasteiger partial charge in [-0.2, -0.15) is 5.10 Å². The number of urea groups is 1. The first-order chi connectivity index (χ1) is 10.0. The number of nitrogens with zero attached hydrogens (tertiary/aromatic N) is 1. The highest BCUT2D eigenvalue weighted by molar-refractivity contribution is 14.1. The zero-order chi connectivity index (χ0) is 15.2. The molecule has 21 heavy (non-hydrogen) atoms. The van der Waals surface area contributed by atoms with E-state index < -0.39 is 6.03 Å². The zero-order valence-electron chi connectivity index (χ0n) is 10.7. The Kier molecular flexibility index (Phi) is 5.40. The average Bonchev–Trinajstić information content (AvgIpc) is 2.45. The summed E-state index contributed by atoms with van der Waals surface area (Å²) in [5.74, 6) is 0.209. The molecule has 0 unspecified atom stereocenters. The molecular formula is C14H11ClIN3O2. The lowest BCUT2D eigenvalue weighted by atomic mass is 10.2. The molecule has 7 heteroatoms. The third kappa shape index (κ3) is 4.91. The van der Waals surface area contributed by atoms with Gasteiger partial charge in [-0.05, 0) is 70.6 Å². The van der Waals surface area contributed by atoms with Crippen molar-refractivity contribution in [1.82, 2.24) is 5.43 Å². The van der Waals surface area contributed by atoms with Crippen molar-refractivity contribution in [1.29, 1.82) is 0 Å². The molecule has 0 atom stereocenters. The van der Waals surface area contributed by atoms with Gasteiger partial charge in [0.15, 0.2) is 0 Å². The van der Waals surface area contributed by atoms with Crippen molar-refractivity contribution in [3.63, 3.8) is 0 Å². The van der Waals surface area contributed by atoms with E-state index in [1.54, 1.807) is 42.5 Å². The van der Waals surface area contributed by atoms with Crippen molar-refractivity contribution >= 4 is 52.1 Å². The Hall–Kier alpha value is -1.80. The fourth-order valence-corrected chi connectivity index (χ4v) is 2.13. The van der Waals surface area contributed by atoms with Crippen LogP contribution in [0.25, 0.3) is 0 Å². The van der Waals surface area contributed by atoms with E-state index in [9.17, 15) is 9.90 Å². The molecule has 0 spiro atoms. The number of hydrogen-bond acceptors (Lipinski definition) is 3. The predicted molar refractivity (Wildman–Crippen MR) is 92.0 cm³/mol. The van der Waals surface area contributed by atoms with Gasteiger partial charge in [0, 0.05) is 10.7 Å². The molecule has 2 aromatic rings. The number of benzene rings is 2. The molecule has 3 N–H and O–H groups in total. The summed E-state index contributed by atoms with van der Waals surface area (Å²) in [4.78, 5) is 11.6. The molecule has 0 aliphatic carbocycles. The lowest BCUT2D eigenvalue weighted by Gasteiger charge is -2.04. The largest absolute Gasteiger partial charge is 0.507 e. The van der Waals surface area contributed by atoms with Crippen LogP contribution in [0.15, 0.2) is 47.6 Å². The van der Waals surface area contributed by atoms with Crippen LogP contribution >= 0.6 is 34.2 Å². The maximum atomic E-state index is 11.6. The zero-order valence-corrected chi connectivity index (χ0v) is 13.6. The average molecular weight is 416 g/mol. The Morgan fingerprint density at radius 3 is 2.62 bits per heavy atom. The van der Waals surface area contributed by atoms with Crippen molar-refractivity contribution in [2.75, 3.05) is 5.32 Å². The second-order valence-electron chi connectivity index (χ2n) is 4.04. The number of phenols is 1. The Bertz CT molecular complexity index is 674. The number of anilines is 1. The van der Waals surface area contributed by atoms with E-state index in [1.165, 1.54) is 6.21 Å². The molecule has 0 aromatic heterocycles. The highest BCUT2D eigenvalue weighted by Gasteiger charge is 2.00. The number of phenolic OH excluding ortho intramolecular Hbond substituents is 1. The SMILES string of the molecule is O=C(N/N=C/c1ccc(O)c(I)c1)Nc1ccc(Cl)cc1. The van der Waals surface area contributed by atoms with Crippen molar-refractivity contribution < 1.29 is 9.90 Å². The smallest absolute Gasteiger partial charge is 0.339 e. The number of hydrazone groups is 1. The first-order valence-electron chi connectivity index (χ1n) is 5.89. The summed E-state index contributed by atoms with van der Waals surface area (Å²) >= 11 is 7.76. The molecule has 0 aliphatic heterocycles. The summed E-state index contributed by atoms with van der Waals surface area (Å²) in [6, 6.07) is 11.3. The summed E-state index contributed by atoms with van der Waals surface area (Å²) < 4.78 is 0.710. The fraction of sp³-hybridized carbons (Fsp3) is 0. The van der Waals surface area contributed by atoms with E-state index in [0.29, 0.717) is 14.3 Å². The minimum absolute atomic E-state index is 0.209. The van der Waals surface area contributed by atoms with E-state index in [4.69, 9.17) is 11.6 Å². The summed E-state index contributed by atoms with van der Waals surface area (Å²) in [6.45, 7) is 0. The molecule has 2 amide bonds. The van der Waals surface area contributed by atoms with E-state index >= 15 is 0 Å². The van der Waals surface area contributed by atoms with Crippen LogP contribution in [0.1, 0.15) is 5.56 Å². The number of carbonyl (C=O) groups is 1. The third-order valence-electron chi connectivity index (χ3n) is 2.45. The highest BCUT2D eigenvalue weighted by Crippen LogP contribution is 2.19. The molecule has 0 heterocycles. The Morgan fingerprint density at radius 1 is 1.24 bits per heavy atom. The van der Waals surface area contributed by atoms with E-state index in [1.807, 2.05) is 22.6 Å². The van der Waals surface area contributed by atoms with Crippen LogP contribution in [0.4, 0.5) is 10.5 Å². The van der Waals surface area contributed by atoms with Gasteiger partial charge in [-0.3, -0.25) is 0 Å². The maximum Gasteiger partial charge on any atom is 0.339 e. The number of amides is 2. The van der Waals surface area contributed by atoms with Crippen LogP contribution in [0.2, 0.25) is 5.02 Å². The number of carbonyl (C=O) groups excluding carboxylic acids is 1. The monoisotopic (exact) mass is 415 g/mol. The van der Waals surface area contributed by atoms with Gasteiger partial charge in [0.25, 0.3) is 0 Å². The molecular weight excluding hydrogens is 405 g/mol. The molecule has 2 aromatic carbocycles. The number of hydrogen-bond donors (Lipinski definition) is 3. The normalized spacial score (nSPS) is 10.6. The molecule has 108 valence electrons. The Morgan fingerprint density at radius 2 is 1.95 bits per heavy atom. The van der Waals surface area contributed by atoms with Crippen LogP contribution < -0.4 is 10.7 Å². The maximum absolute atomic E-state index is 11.6. The molecule has 0 radical (unpaired) electrons. The first kappa shape index (κ1) is 15.6. The topological polar surface area (TPSA) is 73.7 Å². The molecule has 2 rings (SSSR count). The summed E-state index contributed by atoms with van der Waals surface area (Å²) in [5, 5.41) is 16.4. The Balaban J connectivity index is 1.89. The van der Waals surface area contributed by atoms with Gasteiger partial charge in [-0.15, -0.1) is 0 Å². The van der Waals surface area contributed by atoms with Crippen molar-refractivity contribution in [2.45, 2.75) is 0 Å². The lowest BCUT2D eigenvalue weighted by Crippen LogP contribution is -2.24. The van der Waals surface area contributed by atoms with Crippen molar-refractivity contribution in [2.24, 2.45) is 5.10 Å². The van der Waals surface area contributed by atoms with Gasteiger partial charge < -0.3 is 10.4 Å². The van der Waals surface area contributed by atoms with Crippen molar-refractivity contribution in [3.8, 4) is 5.75 Å². The standard InChI is InChI=1S/C14H11ClIN3O2/c15-10-2-4-11(5-3-10)18-14(21)19-17-8-9-1-6-13(20)12(16)7-9/h1-8,20H,(H2,18,19,21)/b17-8+. The van der Waals surface area contributed by atoms with Crippen LogP contribution in [-0.2, 0) is 0 Å². The van der Waals surface area contributed by atoms with Crippen LogP contribution in [0, 0.1) is 3.57 Å². The van der Waals surface area contributed by atoms with Gasteiger partial charge in [0.05, 0.1) is 9.78 Å². The number of aromatic hydroxyl groups is 1. The van der Waals surface area contributed by atoms with Crippen LogP contribution in [-0.4, -0.2) is 17.4 Å². The quantitative estimate of drug-likeness (QED) is 0.405. The second-order valence-corrected chi connectivity index (χ2v) is 5.64. The van der Waals surface area contributed by atoms with Gasteiger partial charge in [-0.25, -0.2) is 10.2 Å². The van der Waals surface area contributed by atoms with Crippen LogP contribution in [0.3, 0.4) is 0 Å². The van der Waals surface area contributed by atoms with Crippen LogP contribution in [0.5, 0.6) is 5.75 Å². The van der Waals surface area contributed by atoms with Gasteiger partial charge in [-0.1, -0.05) is 11.6 Å². The molecule has 0 fully saturated rings. The predicted octanol–water partition coefficient (Wildman–Crippen LogP) is 3.81. The molecule has 0 saturated carbocycles. The highest BCUT2D eigenvalue weighted by atomic mass is 127. The van der Waals surface area contributed by atoms with Gasteiger partial charge in [0.2, 0.25) is 0 Å². The van der Waals surface area contributed by atoms with Gasteiger partial charge >= 0.3 is 6.03 Å². The lowest BCUT2D eigenvalue weighted by molar-refractivity contribution is 0.252. The summed E-state index contributed by atoms with van der Waals surface area (Å²) in [6.07, 6.45) is 1.49. The summed E-state index contributed by atoms with van der Waals surface area (Å²) in [7, 11) is 0. The number of rotatable bonds is 3. The number of nitrogens with one attached hydrogen (secondary N) is 2. The van der Waals surface area contributed by atoms with Gasteiger partial charge in [0.1, 0.15) is 5.75 Å². The third-order valence-corrected chi connectivity index (χ3v) is 3.57. The molecule has 0 aliphatic rings. The Labute approximate surface area is 140 Å². The minimum Gasteiger partial charge on any atom is -0.507 e. The molecule has 0 bridgehead atoms.